The van der Waals surface area contributed by atoms with Gasteiger partial charge in [0.25, 0.3) is 0 Å². The number of thiophene rings is 1. The zero-order valence-corrected chi connectivity index (χ0v) is 18.7. The lowest BCUT2D eigenvalue weighted by atomic mass is 10.0. The summed E-state index contributed by atoms with van der Waals surface area (Å²) in [5.41, 5.74) is 9.33. The second kappa shape index (κ2) is 8.11. The molecule has 30 heavy (non-hydrogen) atoms. The molecule has 3 aromatic rings. The normalized spacial score (nSPS) is 13.2. The van der Waals surface area contributed by atoms with Crippen LogP contribution in [0.1, 0.15) is 16.0 Å². The fraction of sp³-hybridized carbons (Fsp3) is 0.300. The molecular weight excluding hydrogens is 418 g/mol. The van der Waals surface area contributed by atoms with Gasteiger partial charge in [0.1, 0.15) is 17.0 Å². The number of carbonyl (C=O) groups excluding carboxylic acids is 1. The molecule has 0 aliphatic carbocycles. The van der Waals surface area contributed by atoms with Crippen LogP contribution in [0.15, 0.2) is 23.4 Å². The molecule has 10 heteroatoms. The molecule has 4 rings (SSSR count). The second-order valence-electron chi connectivity index (χ2n) is 7.21. The lowest BCUT2D eigenvalue weighted by Gasteiger charge is -2.29. The van der Waals surface area contributed by atoms with E-state index in [0.717, 1.165) is 37.9 Å². The smallest absolute Gasteiger partial charge is 0.319 e. The third-order valence-electron chi connectivity index (χ3n) is 5.10. The fourth-order valence-corrected chi connectivity index (χ4v) is 5.38. The zero-order chi connectivity index (χ0) is 21.4. The number of nitrogens with two attached hydrogens (primary N) is 1. The van der Waals surface area contributed by atoms with Gasteiger partial charge < -0.3 is 26.3 Å². The molecule has 0 atom stereocenters. The van der Waals surface area contributed by atoms with E-state index in [1.807, 2.05) is 23.3 Å². The Morgan fingerprint density at radius 2 is 2.20 bits per heavy atom. The molecule has 0 spiro atoms. The van der Waals surface area contributed by atoms with Gasteiger partial charge in [-0.15, -0.1) is 23.1 Å². The molecule has 0 unspecified atom stereocenters. The van der Waals surface area contributed by atoms with E-state index in [1.165, 1.54) is 11.8 Å². The van der Waals surface area contributed by atoms with Gasteiger partial charge in [-0.2, -0.15) is 0 Å². The predicted octanol–water partition coefficient (Wildman–Crippen LogP) is 3.78. The summed E-state index contributed by atoms with van der Waals surface area (Å²) in [6.07, 6.45) is 5.56. The minimum atomic E-state index is 0.0215. The summed E-state index contributed by atoms with van der Waals surface area (Å²) in [5, 5.41) is 12.1. The third-order valence-corrected chi connectivity index (χ3v) is 7.01. The van der Waals surface area contributed by atoms with Crippen molar-refractivity contribution in [3.8, 4) is 0 Å². The van der Waals surface area contributed by atoms with Gasteiger partial charge in [-0.25, -0.2) is 14.8 Å². The fourth-order valence-electron chi connectivity index (χ4n) is 3.60. The van der Waals surface area contributed by atoms with E-state index >= 15 is 0 Å². The SMILES string of the molecule is CSc1cc(N)c(C=N)cc1Nc1ncnc2sc3c(c12)CCN(C(=O)N(C)C)C3. The summed E-state index contributed by atoms with van der Waals surface area (Å²) in [7, 11) is 3.55. The maximum Gasteiger partial charge on any atom is 0.319 e. The Morgan fingerprint density at radius 3 is 2.90 bits per heavy atom. The van der Waals surface area contributed by atoms with Crippen LogP contribution in [0.5, 0.6) is 0 Å². The molecule has 0 radical (unpaired) electrons. The molecule has 0 fully saturated rings. The Morgan fingerprint density at radius 1 is 1.40 bits per heavy atom. The van der Waals surface area contributed by atoms with Gasteiger partial charge in [-0.05, 0) is 30.4 Å². The minimum Gasteiger partial charge on any atom is -0.398 e. The first-order valence-corrected chi connectivity index (χ1v) is 11.4. The van der Waals surface area contributed by atoms with E-state index in [-0.39, 0.29) is 6.03 Å². The van der Waals surface area contributed by atoms with Crippen molar-refractivity contribution >= 4 is 62.8 Å². The average molecular weight is 442 g/mol. The van der Waals surface area contributed by atoms with Crippen molar-refractivity contribution < 1.29 is 4.79 Å². The maximum atomic E-state index is 12.4. The highest BCUT2D eigenvalue weighted by molar-refractivity contribution is 7.98. The van der Waals surface area contributed by atoms with Gasteiger partial charge in [0.05, 0.1) is 17.6 Å². The highest BCUT2D eigenvalue weighted by atomic mass is 32.2. The van der Waals surface area contributed by atoms with Crippen molar-refractivity contribution in [2.24, 2.45) is 0 Å². The van der Waals surface area contributed by atoms with Gasteiger partial charge in [-0.3, -0.25) is 0 Å². The summed E-state index contributed by atoms with van der Waals surface area (Å²) in [6, 6.07) is 3.77. The zero-order valence-electron chi connectivity index (χ0n) is 17.0. The molecular formula is C20H23N7OS2. The lowest BCUT2D eigenvalue weighted by Crippen LogP contribution is -2.41. The molecule has 2 aromatic heterocycles. The van der Waals surface area contributed by atoms with E-state index in [0.29, 0.717) is 24.3 Å². The van der Waals surface area contributed by atoms with E-state index in [1.54, 1.807) is 48.4 Å². The van der Waals surface area contributed by atoms with Crippen molar-refractivity contribution in [1.82, 2.24) is 19.8 Å². The number of aromatic nitrogens is 2. The topological polar surface area (TPSA) is 111 Å². The van der Waals surface area contributed by atoms with E-state index in [2.05, 4.69) is 15.3 Å². The number of anilines is 3. The predicted molar refractivity (Wildman–Crippen MR) is 124 cm³/mol. The molecule has 4 N–H and O–H groups in total. The number of fused-ring (bicyclic) bond motifs is 3. The number of carbonyl (C=O) groups is 1. The molecule has 156 valence electrons. The van der Waals surface area contributed by atoms with Crippen LogP contribution in [0, 0.1) is 5.41 Å². The Hall–Kier alpha value is -2.85. The first-order valence-electron chi connectivity index (χ1n) is 9.39. The number of nitrogens with zero attached hydrogens (tertiary/aromatic N) is 4. The monoisotopic (exact) mass is 441 g/mol. The van der Waals surface area contributed by atoms with Gasteiger partial charge in [0.15, 0.2) is 0 Å². The summed E-state index contributed by atoms with van der Waals surface area (Å²) < 4.78 is 0. The number of nitrogens with one attached hydrogen (secondary N) is 2. The van der Waals surface area contributed by atoms with Crippen LogP contribution in [0.3, 0.4) is 0 Å². The Kier molecular flexibility index (Phi) is 5.52. The molecule has 1 aliphatic heterocycles. The molecule has 3 heterocycles. The van der Waals surface area contributed by atoms with Crippen LogP contribution in [0.2, 0.25) is 0 Å². The van der Waals surface area contributed by atoms with E-state index < -0.39 is 0 Å². The number of urea groups is 1. The molecule has 2 amide bonds. The summed E-state index contributed by atoms with van der Waals surface area (Å²) >= 11 is 3.20. The first kappa shape index (κ1) is 20.4. The van der Waals surface area contributed by atoms with Crippen molar-refractivity contribution in [3.63, 3.8) is 0 Å². The largest absolute Gasteiger partial charge is 0.398 e. The first-order chi connectivity index (χ1) is 14.4. The molecule has 1 aliphatic rings. The van der Waals surface area contributed by atoms with Gasteiger partial charge in [-0.1, -0.05) is 0 Å². The number of hydrogen-bond acceptors (Lipinski definition) is 8. The van der Waals surface area contributed by atoms with Crippen LogP contribution in [0.4, 0.5) is 22.0 Å². The van der Waals surface area contributed by atoms with Gasteiger partial charge in [0, 0.05) is 47.9 Å². The highest BCUT2D eigenvalue weighted by Gasteiger charge is 2.27. The van der Waals surface area contributed by atoms with Crippen molar-refractivity contribution in [1.29, 1.82) is 5.41 Å². The lowest BCUT2D eigenvalue weighted by molar-refractivity contribution is 0.166. The minimum absolute atomic E-state index is 0.0215. The standard InChI is InChI=1S/C20H23N7OS2/c1-26(2)20(28)27-5-4-12-16(9-27)30-19-17(12)18(23-10-24-19)25-14-6-11(8-21)13(22)7-15(14)29-3/h6-8,10,21H,4-5,9,22H2,1-3H3,(H,23,24,25). The van der Waals surface area contributed by atoms with Crippen LogP contribution in [-0.2, 0) is 13.0 Å². The Bertz CT molecular complexity index is 1140. The van der Waals surface area contributed by atoms with Crippen molar-refractivity contribution in [2.45, 2.75) is 17.9 Å². The van der Waals surface area contributed by atoms with Crippen LogP contribution >= 0.6 is 23.1 Å². The Labute approximate surface area is 183 Å². The molecule has 0 bridgehead atoms. The summed E-state index contributed by atoms with van der Waals surface area (Å²) in [6.45, 7) is 1.25. The molecule has 8 nitrogen and oxygen atoms in total. The molecule has 0 saturated heterocycles. The van der Waals surface area contributed by atoms with Crippen LogP contribution in [0.25, 0.3) is 10.2 Å². The quantitative estimate of drug-likeness (QED) is 0.323. The van der Waals surface area contributed by atoms with Crippen molar-refractivity contribution in [3.05, 3.63) is 34.5 Å². The number of hydrogen-bond donors (Lipinski definition) is 3. The van der Waals surface area contributed by atoms with E-state index in [4.69, 9.17) is 11.1 Å². The molecule has 0 saturated carbocycles. The van der Waals surface area contributed by atoms with Crippen LogP contribution in [-0.4, -0.2) is 58.9 Å². The summed E-state index contributed by atoms with van der Waals surface area (Å²) in [5.74, 6) is 0.737. The van der Waals surface area contributed by atoms with Crippen LogP contribution < -0.4 is 11.1 Å². The van der Waals surface area contributed by atoms with E-state index in [9.17, 15) is 4.79 Å². The number of benzene rings is 1. The van der Waals surface area contributed by atoms with Gasteiger partial charge in [0.2, 0.25) is 0 Å². The van der Waals surface area contributed by atoms with Gasteiger partial charge >= 0.3 is 6.03 Å². The number of nitrogen functional groups attached to an aromatic ring is 1. The Balaban J connectivity index is 1.74. The average Bonchev–Trinajstić information content (AvgIpc) is 3.12. The third kappa shape index (κ3) is 3.56. The summed E-state index contributed by atoms with van der Waals surface area (Å²) in [4.78, 5) is 27.9. The highest BCUT2D eigenvalue weighted by Crippen LogP contribution is 2.39. The maximum absolute atomic E-state index is 12.4. The second-order valence-corrected chi connectivity index (χ2v) is 9.14. The number of thioether (sulfide) groups is 1. The van der Waals surface area contributed by atoms with Crippen molar-refractivity contribution in [2.75, 3.05) is 37.9 Å². The number of rotatable bonds is 4. The number of amides is 2. The molecule has 1 aromatic carbocycles.